The zero-order valence-corrected chi connectivity index (χ0v) is 15.4. The topological polar surface area (TPSA) is 63.7 Å². The standard InChI is InChI=1S/C20H23NO4S/c22-20(15-25-18-7-3-1-4-8-18)21-13-11-17(12-14-21)16-26(23,24)19-9-5-2-6-10-19/h1-10,17H,11-16H2. The van der Waals surface area contributed by atoms with Gasteiger partial charge in [0.15, 0.2) is 16.4 Å². The highest BCUT2D eigenvalue weighted by Gasteiger charge is 2.27. The maximum absolute atomic E-state index is 12.5. The number of likely N-dealkylation sites (tertiary alicyclic amines) is 1. The third-order valence-electron chi connectivity index (χ3n) is 4.63. The fraction of sp³-hybridized carbons (Fsp3) is 0.350. The molecule has 1 aliphatic heterocycles. The van der Waals surface area contributed by atoms with Gasteiger partial charge in [-0.1, -0.05) is 36.4 Å². The van der Waals surface area contributed by atoms with E-state index >= 15 is 0 Å². The Morgan fingerprint density at radius 1 is 0.962 bits per heavy atom. The number of carbonyl (C=O) groups excluding carboxylic acids is 1. The van der Waals surface area contributed by atoms with Gasteiger partial charge in [-0.15, -0.1) is 0 Å². The van der Waals surface area contributed by atoms with Gasteiger partial charge in [0.25, 0.3) is 5.91 Å². The molecule has 2 aromatic rings. The van der Waals surface area contributed by atoms with Gasteiger partial charge in [-0.05, 0) is 43.0 Å². The molecule has 0 unspecified atom stereocenters. The molecule has 5 nitrogen and oxygen atoms in total. The number of para-hydroxylation sites is 1. The largest absolute Gasteiger partial charge is 0.484 e. The Hall–Kier alpha value is -2.34. The van der Waals surface area contributed by atoms with E-state index in [1.807, 2.05) is 30.3 Å². The molecule has 1 saturated heterocycles. The number of amides is 1. The first kappa shape index (κ1) is 18.5. The molecule has 1 fully saturated rings. The minimum Gasteiger partial charge on any atom is -0.484 e. The molecule has 1 amide bonds. The van der Waals surface area contributed by atoms with E-state index < -0.39 is 9.84 Å². The van der Waals surface area contributed by atoms with Crippen LogP contribution < -0.4 is 4.74 Å². The molecular weight excluding hydrogens is 350 g/mol. The lowest BCUT2D eigenvalue weighted by atomic mass is 9.99. The fourth-order valence-electron chi connectivity index (χ4n) is 3.14. The Bertz CT molecular complexity index is 813. The molecule has 0 aliphatic carbocycles. The molecule has 0 bridgehead atoms. The van der Waals surface area contributed by atoms with Crippen molar-refractivity contribution in [1.29, 1.82) is 0 Å². The zero-order valence-electron chi connectivity index (χ0n) is 14.6. The lowest BCUT2D eigenvalue weighted by Crippen LogP contribution is -2.42. The second kappa shape index (κ2) is 8.36. The van der Waals surface area contributed by atoms with Crippen LogP contribution in [0.15, 0.2) is 65.6 Å². The van der Waals surface area contributed by atoms with Crippen molar-refractivity contribution in [1.82, 2.24) is 4.90 Å². The van der Waals surface area contributed by atoms with Crippen LogP contribution in [-0.4, -0.2) is 44.7 Å². The Kier molecular flexibility index (Phi) is 5.93. The monoisotopic (exact) mass is 373 g/mol. The summed E-state index contributed by atoms with van der Waals surface area (Å²) in [5.74, 6) is 0.835. The Labute approximate surface area is 154 Å². The Balaban J connectivity index is 1.47. The van der Waals surface area contributed by atoms with Crippen LogP contribution in [0.2, 0.25) is 0 Å². The molecule has 0 radical (unpaired) electrons. The fourth-order valence-corrected chi connectivity index (χ4v) is 4.85. The first-order valence-corrected chi connectivity index (χ1v) is 10.4. The summed E-state index contributed by atoms with van der Waals surface area (Å²) < 4.78 is 30.4. The average molecular weight is 373 g/mol. The third kappa shape index (κ3) is 4.85. The summed E-state index contributed by atoms with van der Waals surface area (Å²) in [6, 6.07) is 17.8. The summed E-state index contributed by atoms with van der Waals surface area (Å²) in [5.41, 5.74) is 0. The van der Waals surface area contributed by atoms with E-state index in [1.54, 1.807) is 35.2 Å². The van der Waals surface area contributed by atoms with Gasteiger partial charge < -0.3 is 9.64 Å². The molecule has 2 aromatic carbocycles. The Morgan fingerprint density at radius 3 is 2.15 bits per heavy atom. The van der Waals surface area contributed by atoms with Crippen LogP contribution in [-0.2, 0) is 14.6 Å². The molecule has 0 saturated carbocycles. The SMILES string of the molecule is O=C(COc1ccccc1)N1CCC(CS(=O)(=O)c2ccccc2)CC1. The summed E-state index contributed by atoms with van der Waals surface area (Å²) >= 11 is 0. The second-order valence-corrected chi connectivity index (χ2v) is 8.55. The minimum absolute atomic E-state index is 0.0109. The van der Waals surface area contributed by atoms with Crippen molar-refractivity contribution in [3.05, 3.63) is 60.7 Å². The molecule has 26 heavy (non-hydrogen) atoms. The van der Waals surface area contributed by atoms with Crippen molar-refractivity contribution in [2.45, 2.75) is 17.7 Å². The van der Waals surface area contributed by atoms with Crippen molar-refractivity contribution in [2.24, 2.45) is 5.92 Å². The van der Waals surface area contributed by atoms with Gasteiger partial charge in [-0.25, -0.2) is 8.42 Å². The van der Waals surface area contributed by atoms with Gasteiger partial charge in [0.2, 0.25) is 0 Å². The maximum atomic E-state index is 12.5. The van der Waals surface area contributed by atoms with Crippen LogP contribution in [0.4, 0.5) is 0 Å². The van der Waals surface area contributed by atoms with Crippen LogP contribution >= 0.6 is 0 Å². The smallest absolute Gasteiger partial charge is 0.260 e. The highest BCUT2D eigenvalue weighted by atomic mass is 32.2. The lowest BCUT2D eigenvalue weighted by Gasteiger charge is -2.31. The molecule has 138 valence electrons. The van der Waals surface area contributed by atoms with E-state index in [9.17, 15) is 13.2 Å². The van der Waals surface area contributed by atoms with Crippen molar-refractivity contribution in [3.63, 3.8) is 0 Å². The molecule has 3 rings (SSSR count). The summed E-state index contributed by atoms with van der Waals surface area (Å²) in [4.78, 5) is 14.4. The predicted octanol–water partition coefficient (Wildman–Crippen LogP) is 2.78. The van der Waals surface area contributed by atoms with E-state index in [-0.39, 0.29) is 24.2 Å². The number of rotatable bonds is 6. The molecule has 0 atom stereocenters. The molecular formula is C20H23NO4S. The quantitative estimate of drug-likeness (QED) is 0.781. The van der Waals surface area contributed by atoms with E-state index in [0.717, 1.165) is 0 Å². The van der Waals surface area contributed by atoms with Crippen molar-refractivity contribution < 1.29 is 17.9 Å². The molecule has 0 aromatic heterocycles. The second-order valence-electron chi connectivity index (χ2n) is 6.52. The minimum atomic E-state index is -3.27. The highest BCUT2D eigenvalue weighted by molar-refractivity contribution is 7.91. The van der Waals surface area contributed by atoms with E-state index in [2.05, 4.69) is 0 Å². The number of sulfone groups is 1. The zero-order chi connectivity index (χ0) is 18.4. The van der Waals surface area contributed by atoms with Crippen LogP contribution in [0.25, 0.3) is 0 Å². The summed E-state index contributed by atoms with van der Waals surface area (Å²) in [7, 11) is -3.27. The van der Waals surface area contributed by atoms with E-state index in [4.69, 9.17) is 4.74 Å². The summed E-state index contributed by atoms with van der Waals surface area (Å²) in [6.07, 6.45) is 1.40. The number of nitrogens with zero attached hydrogens (tertiary/aromatic N) is 1. The van der Waals surface area contributed by atoms with E-state index in [0.29, 0.717) is 36.6 Å². The van der Waals surface area contributed by atoms with Gasteiger partial charge in [-0.2, -0.15) is 0 Å². The van der Waals surface area contributed by atoms with Gasteiger partial charge in [0, 0.05) is 13.1 Å². The highest BCUT2D eigenvalue weighted by Crippen LogP contribution is 2.22. The molecule has 0 N–H and O–H groups in total. The van der Waals surface area contributed by atoms with Crippen molar-refractivity contribution >= 4 is 15.7 Å². The molecule has 6 heteroatoms. The number of ether oxygens (including phenoxy) is 1. The molecule has 1 heterocycles. The number of hydrogen-bond acceptors (Lipinski definition) is 4. The van der Waals surface area contributed by atoms with Crippen LogP contribution in [0.3, 0.4) is 0 Å². The first-order chi connectivity index (χ1) is 12.5. The van der Waals surface area contributed by atoms with Gasteiger partial charge >= 0.3 is 0 Å². The molecule has 0 spiro atoms. The maximum Gasteiger partial charge on any atom is 0.260 e. The van der Waals surface area contributed by atoms with Crippen LogP contribution in [0.5, 0.6) is 5.75 Å². The Morgan fingerprint density at radius 2 is 1.54 bits per heavy atom. The van der Waals surface area contributed by atoms with Crippen molar-refractivity contribution in [2.75, 3.05) is 25.4 Å². The van der Waals surface area contributed by atoms with E-state index in [1.165, 1.54) is 0 Å². The average Bonchev–Trinajstić information content (AvgIpc) is 2.68. The van der Waals surface area contributed by atoms with Gasteiger partial charge in [-0.3, -0.25) is 4.79 Å². The normalized spacial score (nSPS) is 15.6. The van der Waals surface area contributed by atoms with Crippen LogP contribution in [0, 0.1) is 5.92 Å². The number of piperidine rings is 1. The number of hydrogen-bond donors (Lipinski definition) is 0. The number of benzene rings is 2. The van der Waals surface area contributed by atoms with Gasteiger partial charge in [0.1, 0.15) is 5.75 Å². The lowest BCUT2D eigenvalue weighted by molar-refractivity contribution is -0.134. The van der Waals surface area contributed by atoms with Crippen LogP contribution in [0.1, 0.15) is 12.8 Å². The molecule has 1 aliphatic rings. The van der Waals surface area contributed by atoms with Gasteiger partial charge in [0.05, 0.1) is 10.6 Å². The summed E-state index contributed by atoms with van der Waals surface area (Å²) in [5, 5.41) is 0. The summed E-state index contributed by atoms with van der Waals surface area (Å²) in [6.45, 7) is 1.16. The van der Waals surface area contributed by atoms with Crippen molar-refractivity contribution in [3.8, 4) is 5.75 Å². The predicted molar refractivity (Wildman–Crippen MR) is 99.7 cm³/mol. The number of carbonyl (C=O) groups is 1. The third-order valence-corrected chi connectivity index (χ3v) is 6.53. The first-order valence-electron chi connectivity index (χ1n) is 8.78.